The summed E-state index contributed by atoms with van der Waals surface area (Å²) in [6.07, 6.45) is 0.249. The quantitative estimate of drug-likeness (QED) is 0.714. The van der Waals surface area contributed by atoms with Crippen LogP contribution < -0.4 is 5.32 Å². The number of carboxylic acid groups (broad SMARTS) is 1. The van der Waals surface area contributed by atoms with Crippen LogP contribution in [0.2, 0.25) is 0 Å². The molecule has 1 rings (SSSR count). The van der Waals surface area contributed by atoms with Gasteiger partial charge in [0.25, 0.3) is 5.91 Å². The van der Waals surface area contributed by atoms with E-state index in [-0.39, 0.29) is 17.7 Å². The van der Waals surface area contributed by atoms with Crippen molar-refractivity contribution in [1.29, 1.82) is 0 Å². The van der Waals surface area contributed by atoms with Crippen molar-refractivity contribution in [2.75, 3.05) is 0 Å². The topological polar surface area (TPSA) is 86.6 Å². The van der Waals surface area contributed by atoms with Crippen molar-refractivity contribution in [2.24, 2.45) is 0 Å². The number of halogens is 1. The molecule has 0 saturated carbocycles. The van der Waals surface area contributed by atoms with Crippen LogP contribution in [0.15, 0.2) is 18.2 Å². The molecule has 1 amide bonds. The van der Waals surface area contributed by atoms with Gasteiger partial charge in [-0.15, -0.1) is 0 Å². The molecule has 0 aliphatic carbocycles. The van der Waals surface area contributed by atoms with E-state index < -0.39 is 17.4 Å². The molecule has 1 aromatic rings. The third-order valence-corrected chi connectivity index (χ3v) is 3.44. The van der Waals surface area contributed by atoms with Gasteiger partial charge in [0.15, 0.2) is 0 Å². The monoisotopic (exact) mass is 363 g/mol. The maximum Gasteiger partial charge on any atom is 0.329 e. The minimum Gasteiger partial charge on any atom is -0.507 e. The van der Waals surface area contributed by atoms with Crippen molar-refractivity contribution < 1.29 is 19.8 Å². The summed E-state index contributed by atoms with van der Waals surface area (Å²) in [6, 6.07) is 4.56. The van der Waals surface area contributed by atoms with Gasteiger partial charge < -0.3 is 15.5 Å². The Balaban J connectivity index is 3.02. The second-order valence-corrected chi connectivity index (χ2v) is 5.35. The fraction of sp³-hybridized carbons (Fsp3) is 0.333. The summed E-state index contributed by atoms with van der Waals surface area (Å²) >= 11 is 2.01. The second kappa shape index (κ2) is 5.55. The standard InChI is InChI=1S/C12H14INO4/c1-3-12(2,11(17)18)14-10(16)8-6-7(13)4-5-9(8)15/h4-6,15H,3H2,1-2H3,(H,14,16)(H,17,18). The van der Waals surface area contributed by atoms with Gasteiger partial charge in [-0.05, 0) is 54.1 Å². The first-order valence-corrected chi connectivity index (χ1v) is 6.42. The molecule has 0 aliphatic rings. The van der Waals surface area contributed by atoms with E-state index in [2.05, 4.69) is 5.32 Å². The molecular formula is C12H14INO4. The minimum absolute atomic E-state index is 0.0721. The van der Waals surface area contributed by atoms with E-state index in [4.69, 9.17) is 5.11 Å². The van der Waals surface area contributed by atoms with Gasteiger partial charge in [-0.3, -0.25) is 4.79 Å². The molecule has 6 heteroatoms. The fourth-order valence-corrected chi connectivity index (χ4v) is 1.79. The number of aromatic hydroxyl groups is 1. The van der Waals surface area contributed by atoms with Crippen molar-refractivity contribution >= 4 is 34.5 Å². The number of carboxylic acids is 1. The Morgan fingerprint density at radius 2 is 2.06 bits per heavy atom. The van der Waals surface area contributed by atoms with E-state index in [0.29, 0.717) is 0 Å². The molecule has 0 heterocycles. The van der Waals surface area contributed by atoms with Crippen LogP contribution in [-0.2, 0) is 4.79 Å². The van der Waals surface area contributed by atoms with Gasteiger partial charge in [0, 0.05) is 3.57 Å². The number of hydrogen-bond acceptors (Lipinski definition) is 3. The highest BCUT2D eigenvalue weighted by Crippen LogP contribution is 2.21. The summed E-state index contributed by atoms with van der Waals surface area (Å²) in [5, 5.41) is 21.1. The van der Waals surface area contributed by atoms with Gasteiger partial charge in [0.05, 0.1) is 5.56 Å². The van der Waals surface area contributed by atoms with Crippen LogP contribution in [0, 0.1) is 3.57 Å². The van der Waals surface area contributed by atoms with E-state index >= 15 is 0 Å². The van der Waals surface area contributed by atoms with Crippen LogP contribution in [0.4, 0.5) is 0 Å². The molecule has 5 nitrogen and oxygen atoms in total. The lowest BCUT2D eigenvalue weighted by molar-refractivity contribution is -0.143. The second-order valence-electron chi connectivity index (χ2n) is 4.11. The molecule has 0 aromatic heterocycles. The SMILES string of the molecule is CCC(C)(NC(=O)c1cc(I)ccc1O)C(=O)O. The van der Waals surface area contributed by atoms with Crippen molar-refractivity contribution in [1.82, 2.24) is 5.32 Å². The predicted molar refractivity (Wildman–Crippen MR) is 74.6 cm³/mol. The Morgan fingerprint density at radius 1 is 1.44 bits per heavy atom. The number of phenols is 1. The zero-order valence-corrected chi connectivity index (χ0v) is 12.2. The molecule has 0 spiro atoms. The molecule has 18 heavy (non-hydrogen) atoms. The Hall–Kier alpha value is -1.31. The molecule has 0 bridgehead atoms. The van der Waals surface area contributed by atoms with Crippen LogP contribution in [0.5, 0.6) is 5.75 Å². The number of carbonyl (C=O) groups excluding carboxylic acids is 1. The number of nitrogens with one attached hydrogen (secondary N) is 1. The number of amides is 1. The average molecular weight is 363 g/mol. The van der Waals surface area contributed by atoms with E-state index in [1.165, 1.54) is 19.1 Å². The van der Waals surface area contributed by atoms with E-state index in [9.17, 15) is 14.7 Å². The predicted octanol–water partition coefficient (Wildman–Crippen LogP) is 1.98. The molecule has 0 saturated heterocycles. The number of aliphatic carboxylic acids is 1. The Morgan fingerprint density at radius 3 is 2.56 bits per heavy atom. The third kappa shape index (κ3) is 3.12. The van der Waals surface area contributed by atoms with E-state index in [1.54, 1.807) is 13.0 Å². The van der Waals surface area contributed by atoms with Crippen LogP contribution in [0.25, 0.3) is 0 Å². The normalized spacial score (nSPS) is 13.7. The fourth-order valence-electron chi connectivity index (χ4n) is 1.30. The summed E-state index contributed by atoms with van der Waals surface area (Å²) in [6.45, 7) is 3.10. The van der Waals surface area contributed by atoms with Gasteiger partial charge in [0.1, 0.15) is 11.3 Å². The maximum atomic E-state index is 12.0. The van der Waals surface area contributed by atoms with Gasteiger partial charge in [0.2, 0.25) is 0 Å². The number of rotatable bonds is 4. The number of phenolic OH excluding ortho intramolecular Hbond substituents is 1. The molecule has 1 unspecified atom stereocenters. The highest BCUT2D eigenvalue weighted by Gasteiger charge is 2.33. The first-order chi connectivity index (χ1) is 8.30. The third-order valence-electron chi connectivity index (χ3n) is 2.77. The van der Waals surface area contributed by atoms with Crippen LogP contribution >= 0.6 is 22.6 Å². The zero-order chi connectivity index (χ0) is 13.9. The minimum atomic E-state index is -1.34. The van der Waals surface area contributed by atoms with Gasteiger partial charge >= 0.3 is 5.97 Å². The van der Waals surface area contributed by atoms with Crippen molar-refractivity contribution in [3.63, 3.8) is 0 Å². The lowest BCUT2D eigenvalue weighted by Gasteiger charge is -2.24. The lowest BCUT2D eigenvalue weighted by atomic mass is 9.98. The molecule has 0 aliphatic heterocycles. The van der Waals surface area contributed by atoms with Crippen LogP contribution in [0.3, 0.4) is 0 Å². The van der Waals surface area contributed by atoms with Crippen LogP contribution in [0.1, 0.15) is 30.6 Å². The maximum absolute atomic E-state index is 12.0. The lowest BCUT2D eigenvalue weighted by Crippen LogP contribution is -2.51. The number of carbonyl (C=O) groups is 2. The first kappa shape index (κ1) is 14.7. The molecule has 98 valence electrons. The Bertz CT molecular complexity index is 489. The number of benzene rings is 1. The Kier molecular flexibility index (Phi) is 4.55. The molecular weight excluding hydrogens is 349 g/mol. The van der Waals surface area contributed by atoms with Gasteiger partial charge in [-0.1, -0.05) is 6.92 Å². The smallest absolute Gasteiger partial charge is 0.329 e. The van der Waals surface area contributed by atoms with E-state index in [1.807, 2.05) is 22.6 Å². The van der Waals surface area contributed by atoms with Gasteiger partial charge in [-0.2, -0.15) is 0 Å². The van der Waals surface area contributed by atoms with Crippen molar-refractivity contribution in [3.05, 3.63) is 27.3 Å². The number of hydrogen-bond donors (Lipinski definition) is 3. The summed E-state index contributed by atoms with van der Waals surface area (Å²) < 4.78 is 0.782. The summed E-state index contributed by atoms with van der Waals surface area (Å²) in [5.74, 6) is -1.88. The van der Waals surface area contributed by atoms with Crippen molar-refractivity contribution in [3.8, 4) is 5.75 Å². The molecule has 3 N–H and O–H groups in total. The Labute approximate surface area is 118 Å². The van der Waals surface area contributed by atoms with E-state index in [0.717, 1.165) is 3.57 Å². The zero-order valence-electron chi connectivity index (χ0n) is 10.0. The van der Waals surface area contributed by atoms with Crippen LogP contribution in [-0.4, -0.2) is 27.6 Å². The summed E-state index contributed by atoms with van der Waals surface area (Å²) in [5.41, 5.74) is -1.27. The molecule has 1 aromatic carbocycles. The first-order valence-electron chi connectivity index (χ1n) is 5.34. The highest BCUT2D eigenvalue weighted by molar-refractivity contribution is 14.1. The molecule has 0 fully saturated rings. The average Bonchev–Trinajstić information content (AvgIpc) is 2.31. The van der Waals surface area contributed by atoms with Crippen molar-refractivity contribution in [2.45, 2.75) is 25.8 Å². The molecule has 0 radical (unpaired) electrons. The largest absolute Gasteiger partial charge is 0.507 e. The summed E-state index contributed by atoms with van der Waals surface area (Å²) in [7, 11) is 0. The molecule has 1 atom stereocenters. The van der Waals surface area contributed by atoms with Gasteiger partial charge in [-0.25, -0.2) is 4.79 Å². The highest BCUT2D eigenvalue weighted by atomic mass is 127. The summed E-state index contributed by atoms with van der Waals surface area (Å²) in [4.78, 5) is 23.1.